The highest BCUT2D eigenvalue weighted by Gasteiger charge is 2.18. The number of ketones is 2. The van der Waals surface area contributed by atoms with E-state index in [1.165, 1.54) is 13.8 Å². The summed E-state index contributed by atoms with van der Waals surface area (Å²) in [5.41, 5.74) is 1.27. The highest BCUT2D eigenvalue weighted by Crippen LogP contribution is 2.27. The van der Waals surface area contributed by atoms with Crippen molar-refractivity contribution >= 4 is 28.9 Å². The average molecular weight is 226 g/mol. The van der Waals surface area contributed by atoms with Crippen LogP contribution in [0.25, 0.3) is 0 Å². The van der Waals surface area contributed by atoms with Crippen LogP contribution in [-0.4, -0.2) is 18.6 Å². The molecule has 1 aromatic rings. The van der Waals surface area contributed by atoms with E-state index in [2.05, 4.69) is 5.32 Å². The molecule has 4 heteroatoms. The molecule has 0 aromatic heterocycles. The van der Waals surface area contributed by atoms with E-state index in [0.717, 1.165) is 0 Å². The molecule has 3 nitrogen and oxygen atoms in total. The number of hydrogen-bond donors (Lipinski definition) is 1. The highest BCUT2D eigenvalue weighted by molar-refractivity contribution is 6.35. The standard InChI is InChI=1S/C11H12ClNO2/c1-6(14)10-8(12)4-5-9(13-3)11(10)7(2)15/h4-5,13H,1-3H3. The van der Waals surface area contributed by atoms with Crippen LogP contribution in [-0.2, 0) is 0 Å². The van der Waals surface area contributed by atoms with Crippen LogP contribution >= 0.6 is 11.6 Å². The summed E-state index contributed by atoms with van der Waals surface area (Å²) in [6, 6.07) is 3.29. The van der Waals surface area contributed by atoms with E-state index >= 15 is 0 Å². The molecule has 0 aliphatic rings. The van der Waals surface area contributed by atoms with E-state index in [1.807, 2.05) is 0 Å². The molecule has 0 atom stereocenters. The molecule has 0 heterocycles. The first-order valence-corrected chi connectivity index (χ1v) is 4.89. The Balaban J connectivity index is 3.58. The minimum Gasteiger partial charge on any atom is -0.388 e. The molecule has 1 rings (SSSR count). The largest absolute Gasteiger partial charge is 0.388 e. The number of anilines is 1. The zero-order valence-corrected chi connectivity index (χ0v) is 9.61. The minimum absolute atomic E-state index is 0.174. The Morgan fingerprint density at radius 2 is 1.67 bits per heavy atom. The normalized spacial score (nSPS) is 9.87. The summed E-state index contributed by atoms with van der Waals surface area (Å²) in [5, 5.41) is 3.18. The van der Waals surface area contributed by atoms with Crippen LogP contribution in [0.2, 0.25) is 5.02 Å². The first-order valence-electron chi connectivity index (χ1n) is 4.51. The summed E-state index contributed by atoms with van der Waals surface area (Å²) in [7, 11) is 1.69. The van der Waals surface area contributed by atoms with Crippen molar-refractivity contribution in [3.8, 4) is 0 Å². The van der Waals surface area contributed by atoms with E-state index < -0.39 is 0 Å². The van der Waals surface area contributed by atoms with Gasteiger partial charge in [-0.3, -0.25) is 9.59 Å². The van der Waals surface area contributed by atoms with Gasteiger partial charge in [-0.05, 0) is 26.0 Å². The zero-order valence-electron chi connectivity index (χ0n) is 8.85. The third-order valence-electron chi connectivity index (χ3n) is 2.13. The lowest BCUT2D eigenvalue weighted by molar-refractivity contribution is 0.0981. The average Bonchev–Trinajstić information content (AvgIpc) is 2.16. The number of halogens is 1. The fraction of sp³-hybridized carbons (Fsp3) is 0.273. The van der Waals surface area contributed by atoms with Crippen LogP contribution in [0, 0.1) is 0 Å². The quantitative estimate of drug-likeness (QED) is 0.805. The first-order chi connectivity index (χ1) is 6.99. The molecule has 1 aromatic carbocycles. The smallest absolute Gasteiger partial charge is 0.162 e. The van der Waals surface area contributed by atoms with Crippen LogP contribution in [0.15, 0.2) is 12.1 Å². The van der Waals surface area contributed by atoms with Crippen LogP contribution < -0.4 is 5.32 Å². The van der Waals surface area contributed by atoms with Gasteiger partial charge >= 0.3 is 0 Å². The zero-order chi connectivity index (χ0) is 11.6. The fourth-order valence-corrected chi connectivity index (χ4v) is 1.79. The van der Waals surface area contributed by atoms with Crippen molar-refractivity contribution < 1.29 is 9.59 Å². The molecule has 1 N–H and O–H groups in total. The van der Waals surface area contributed by atoms with Gasteiger partial charge in [0.25, 0.3) is 0 Å². The van der Waals surface area contributed by atoms with Crippen molar-refractivity contribution in [1.29, 1.82) is 0 Å². The molecule has 0 spiro atoms. The molecule has 0 aliphatic carbocycles. The molecule has 0 radical (unpaired) electrons. The molecule has 80 valence electrons. The van der Waals surface area contributed by atoms with Crippen molar-refractivity contribution in [2.75, 3.05) is 12.4 Å². The SMILES string of the molecule is CNc1ccc(Cl)c(C(C)=O)c1C(C)=O. The molecule has 0 aliphatic heterocycles. The summed E-state index contributed by atoms with van der Waals surface area (Å²) < 4.78 is 0. The second-order valence-electron chi connectivity index (χ2n) is 3.21. The minimum atomic E-state index is -0.206. The van der Waals surface area contributed by atoms with Crippen molar-refractivity contribution in [3.05, 3.63) is 28.3 Å². The van der Waals surface area contributed by atoms with Crippen molar-refractivity contribution in [1.82, 2.24) is 0 Å². The number of hydrogen-bond acceptors (Lipinski definition) is 3. The van der Waals surface area contributed by atoms with E-state index in [0.29, 0.717) is 16.3 Å². The third-order valence-corrected chi connectivity index (χ3v) is 2.44. The molecule has 0 saturated carbocycles. The lowest BCUT2D eigenvalue weighted by Crippen LogP contribution is -2.08. The summed E-state index contributed by atoms with van der Waals surface area (Å²) in [4.78, 5) is 22.8. The molecule has 0 unspecified atom stereocenters. The summed E-state index contributed by atoms with van der Waals surface area (Å²) >= 11 is 5.90. The third kappa shape index (κ3) is 2.18. The molecule has 0 fully saturated rings. The van der Waals surface area contributed by atoms with E-state index in [-0.39, 0.29) is 17.1 Å². The number of carbonyl (C=O) groups excluding carboxylic acids is 2. The number of nitrogens with one attached hydrogen (secondary N) is 1. The first kappa shape index (κ1) is 11.7. The van der Waals surface area contributed by atoms with Gasteiger partial charge in [-0.1, -0.05) is 11.6 Å². The van der Waals surface area contributed by atoms with Gasteiger partial charge in [-0.15, -0.1) is 0 Å². The van der Waals surface area contributed by atoms with Crippen molar-refractivity contribution in [2.45, 2.75) is 13.8 Å². The number of benzene rings is 1. The van der Waals surface area contributed by atoms with Gasteiger partial charge in [0, 0.05) is 18.3 Å². The van der Waals surface area contributed by atoms with Gasteiger partial charge in [-0.2, -0.15) is 0 Å². The van der Waals surface area contributed by atoms with Gasteiger partial charge in [0.2, 0.25) is 0 Å². The molecular formula is C11H12ClNO2. The predicted molar refractivity (Wildman–Crippen MR) is 61.0 cm³/mol. The molecule has 15 heavy (non-hydrogen) atoms. The van der Waals surface area contributed by atoms with Gasteiger partial charge in [0.05, 0.1) is 10.6 Å². The molecular weight excluding hydrogens is 214 g/mol. The van der Waals surface area contributed by atoms with Crippen molar-refractivity contribution in [3.63, 3.8) is 0 Å². The van der Waals surface area contributed by atoms with E-state index in [1.54, 1.807) is 19.2 Å². The van der Waals surface area contributed by atoms with Crippen LogP contribution in [0.4, 0.5) is 5.69 Å². The Labute approximate surface area is 93.4 Å². The Bertz CT molecular complexity index is 427. The Morgan fingerprint density at radius 3 is 2.07 bits per heavy atom. The topological polar surface area (TPSA) is 46.2 Å². The van der Waals surface area contributed by atoms with Gasteiger partial charge in [0.15, 0.2) is 11.6 Å². The maximum Gasteiger partial charge on any atom is 0.162 e. The maximum absolute atomic E-state index is 11.5. The van der Waals surface area contributed by atoms with Crippen LogP contribution in [0.3, 0.4) is 0 Å². The van der Waals surface area contributed by atoms with E-state index in [9.17, 15) is 9.59 Å². The second kappa shape index (κ2) is 4.45. The second-order valence-corrected chi connectivity index (χ2v) is 3.61. The molecule has 0 saturated heterocycles. The summed E-state index contributed by atoms with van der Waals surface area (Å²) in [6.45, 7) is 2.81. The van der Waals surface area contributed by atoms with Crippen LogP contribution in [0.5, 0.6) is 0 Å². The van der Waals surface area contributed by atoms with E-state index in [4.69, 9.17) is 11.6 Å². The number of rotatable bonds is 3. The van der Waals surface area contributed by atoms with Gasteiger partial charge in [0.1, 0.15) is 0 Å². The maximum atomic E-state index is 11.5. The monoisotopic (exact) mass is 225 g/mol. The van der Waals surface area contributed by atoms with Crippen LogP contribution in [0.1, 0.15) is 34.6 Å². The number of Topliss-reactive ketones (excluding diaryl/α,β-unsaturated/α-hetero) is 2. The molecule has 0 amide bonds. The highest BCUT2D eigenvalue weighted by atomic mass is 35.5. The molecule has 0 bridgehead atoms. The number of carbonyl (C=O) groups is 2. The Kier molecular flexibility index (Phi) is 3.48. The lowest BCUT2D eigenvalue weighted by atomic mass is 9.99. The fourth-order valence-electron chi connectivity index (χ4n) is 1.50. The predicted octanol–water partition coefficient (Wildman–Crippen LogP) is 2.79. The Hall–Kier alpha value is -1.35. The van der Waals surface area contributed by atoms with Crippen molar-refractivity contribution in [2.24, 2.45) is 0 Å². The summed E-state index contributed by atoms with van der Waals surface area (Å²) in [6.07, 6.45) is 0. The van der Waals surface area contributed by atoms with Gasteiger partial charge in [-0.25, -0.2) is 0 Å². The van der Waals surface area contributed by atoms with Gasteiger partial charge < -0.3 is 5.32 Å². The lowest BCUT2D eigenvalue weighted by Gasteiger charge is -2.11. The Morgan fingerprint density at radius 1 is 1.13 bits per heavy atom. The summed E-state index contributed by atoms with van der Waals surface area (Å²) in [5.74, 6) is -0.380.